The number of rotatable bonds is 36. The molecule has 0 unspecified atom stereocenters. The van der Waals surface area contributed by atoms with Crippen molar-refractivity contribution < 1.29 is 295 Å². The highest BCUT2D eigenvalue weighted by Crippen LogP contribution is 2.72. The molecule has 0 N–H and O–H groups in total. The van der Waals surface area contributed by atoms with E-state index < -0.39 is 225 Å². The maximum absolute atomic E-state index is 14.6. The Balaban J connectivity index is 8.30. The van der Waals surface area contributed by atoms with Crippen LogP contribution in [0.2, 0.25) is 0 Å². The molecule has 0 aromatic heterocycles. The van der Waals surface area contributed by atoms with Gasteiger partial charge in [0.25, 0.3) is 0 Å². The average Bonchev–Trinajstić information content (AvgIpc) is 0.696. The molecule has 0 amide bonds. The van der Waals surface area contributed by atoms with E-state index in [0.29, 0.717) is 0 Å². The van der Waals surface area contributed by atoms with Gasteiger partial charge in [-0.15, -0.1) is 0 Å². The predicted molar refractivity (Wildman–Crippen MR) is 191 cm³/mol. The number of halogens is 63. The molecule has 0 aromatic carbocycles. The number of alkyl halides is 63. The Bertz CT molecular complexity index is 2710. The van der Waals surface area contributed by atoms with E-state index in [1.807, 2.05) is 0 Å². The molecule has 0 saturated heterocycles. The van der Waals surface area contributed by atoms with Crippen LogP contribution in [-0.4, -0.2) is 198 Å². The summed E-state index contributed by atoms with van der Waals surface area (Å²) in [6, 6.07) is 0. The Morgan fingerprint density at radius 1 is 0.144 bits per heavy atom. The Kier molecular flexibility index (Phi) is 24.8. The van der Waals surface area contributed by atoms with Crippen LogP contribution in [0.4, 0.5) is 277 Å². The molecule has 626 valence electrons. The molecule has 0 aliphatic heterocycles. The van der Waals surface area contributed by atoms with Crippen LogP contribution in [0.1, 0.15) is 19.3 Å². The SMILES string of the molecule is O=P(OCCC(F)(F)C(F)(F)C(F)(F)C(F)(F)C(F)(F)C(F)(F)C(F)(F)C(F)(F)C(F)(F)C(F)(F)F)(OCCC(F)(F)C(F)(F)C(F)(F)C(F)(F)C(F)(F)C(F)(F)C(F)(F)C(F)(F)C(F)(F)C(F)(F)F)OCCC(F)(F)C(F)(F)C(F)(F)C(F)(F)C(F)(F)C(F)(F)C(F)(F)C(F)(F)C(F)(F)C(F)(F)F. The Morgan fingerprint density at radius 3 is 0.327 bits per heavy atom. The molecular weight excluding hydrogens is 1720 g/mol. The van der Waals surface area contributed by atoms with Crippen LogP contribution in [0.5, 0.6) is 0 Å². The maximum Gasteiger partial charge on any atom is 0.474 e. The lowest BCUT2D eigenvalue weighted by molar-refractivity contribution is -0.474. The van der Waals surface area contributed by atoms with Gasteiger partial charge in [0.1, 0.15) is 0 Å². The minimum atomic E-state index is -10.1. The summed E-state index contributed by atoms with van der Waals surface area (Å²) in [6.07, 6.45) is -39.8. The molecule has 0 aromatic rings. The normalized spacial score (nSPS) is 17.2. The average molecular weight is 1740 g/mol. The molecule has 0 rings (SSSR count). The first-order valence-electron chi connectivity index (χ1n) is 22.8. The Labute approximate surface area is 521 Å². The molecule has 0 fully saturated rings. The van der Waals surface area contributed by atoms with E-state index >= 15 is 0 Å². The highest BCUT2D eigenvalue weighted by molar-refractivity contribution is 7.48. The molecule has 104 heavy (non-hydrogen) atoms. The van der Waals surface area contributed by atoms with Gasteiger partial charge in [-0.25, -0.2) is 4.57 Å². The number of phosphoric acid groups is 1. The fourth-order valence-electron chi connectivity index (χ4n) is 6.21. The summed E-state index contributed by atoms with van der Waals surface area (Å²) >= 11 is 0. The third-order valence-corrected chi connectivity index (χ3v) is 14.2. The zero-order valence-electron chi connectivity index (χ0n) is 45.1. The van der Waals surface area contributed by atoms with Crippen LogP contribution in [-0.2, 0) is 18.1 Å². The van der Waals surface area contributed by atoms with Crippen molar-refractivity contribution in [3.05, 3.63) is 0 Å². The number of hydrogen-bond donors (Lipinski definition) is 0. The first kappa shape index (κ1) is 99.7. The largest absolute Gasteiger partial charge is 0.474 e. The Hall–Kier alpha value is -4.30. The van der Waals surface area contributed by atoms with Crippen molar-refractivity contribution in [1.82, 2.24) is 0 Å². The predicted octanol–water partition coefficient (Wildman–Crippen LogP) is 22.2. The van der Waals surface area contributed by atoms with Gasteiger partial charge in [0.15, 0.2) is 0 Å². The summed E-state index contributed by atoms with van der Waals surface area (Å²) < 4.78 is 888. The molecule has 0 saturated carbocycles. The molecule has 68 heteroatoms. The van der Waals surface area contributed by atoms with Gasteiger partial charge < -0.3 is 0 Å². The van der Waals surface area contributed by atoms with Crippen LogP contribution in [0.25, 0.3) is 0 Å². The van der Waals surface area contributed by atoms with Gasteiger partial charge in [0.05, 0.1) is 19.8 Å². The Morgan fingerprint density at radius 2 is 0.231 bits per heavy atom. The quantitative estimate of drug-likeness (QED) is 0.0463. The highest BCUT2D eigenvalue weighted by atomic mass is 31.2. The molecular formula is C36H12F63O4P. The van der Waals surface area contributed by atoms with Crippen LogP contribution < -0.4 is 0 Å². The van der Waals surface area contributed by atoms with Gasteiger partial charge in [-0.1, -0.05) is 0 Å². The molecule has 0 atom stereocenters. The highest BCUT2D eigenvalue weighted by Gasteiger charge is 3.02. The van der Waals surface area contributed by atoms with Crippen molar-refractivity contribution in [2.45, 2.75) is 198 Å². The summed E-state index contributed by atoms with van der Waals surface area (Å²) in [5.74, 6) is -258. The van der Waals surface area contributed by atoms with Gasteiger partial charge >= 0.3 is 186 Å². The molecule has 4 nitrogen and oxygen atoms in total. The lowest BCUT2D eigenvalue weighted by atomic mass is 9.86. The van der Waals surface area contributed by atoms with Gasteiger partial charge in [-0.05, 0) is 0 Å². The molecule has 0 heterocycles. The van der Waals surface area contributed by atoms with Gasteiger partial charge in [0.2, 0.25) is 0 Å². The summed E-state index contributed by atoms with van der Waals surface area (Å²) in [4.78, 5) is 0. The summed E-state index contributed by atoms with van der Waals surface area (Å²) in [5, 5.41) is 0. The lowest BCUT2D eigenvalue weighted by Crippen LogP contribution is -2.76. The van der Waals surface area contributed by atoms with Crippen molar-refractivity contribution >= 4 is 7.82 Å². The van der Waals surface area contributed by atoms with E-state index in [2.05, 4.69) is 13.6 Å². The number of phosphoric ester groups is 1. The smallest absolute Gasteiger partial charge is 0.287 e. The van der Waals surface area contributed by atoms with E-state index in [-0.39, 0.29) is 0 Å². The van der Waals surface area contributed by atoms with E-state index in [9.17, 15) is 281 Å². The molecule has 0 aliphatic carbocycles. The summed E-state index contributed by atoms with van der Waals surface area (Å²) in [5.41, 5.74) is 0. The maximum atomic E-state index is 14.6. The lowest BCUT2D eigenvalue weighted by Gasteiger charge is -2.44. The third-order valence-electron chi connectivity index (χ3n) is 12.7. The zero-order valence-corrected chi connectivity index (χ0v) is 46.0. The standard InChI is InChI=1S/C36H12F63O4P/c37-7(38,10(43,44)13(49,50)16(55,56)19(61,62)22(67,68)25(73,74)28(79,80)31(85,86)34(91,92)93)1-4-101-104(100,102-5-2-8(39,40)11(45,46)14(51,52)17(57,58)20(63,64)23(69,70)26(75,76)29(81,82)32(87,88)35(94,95)96)103-6-3-9(41,42)12(47,48)15(53,54)18(59,60)21(65,66)24(71,72)27(77,78)30(83,84)33(89,90)36(97,98)99/h1-6H2. The van der Waals surface area contributed by atoms with E-state index in [1.54, 1.807) is 0 Å². The zero-order chi connectivity index (χ0) is 85.9. The van der Waals surface area contributed by atoms with Gasteiger partial charge in [0, 0.05) is 19.3 Å². The molecule has 0 spiro atoms. The fourth-order valence-corrected chi connectivity index (χ4v) is 7.38. The molecule has 0 bridgehead atoms. The van der Waals surface area contributed by atoms with E-state index in [4.69, 9.17) is 0 Å². The second-order valence-corrected chi connectivity index (χ2v) is 21.3. The van der Waals surface area contributed by atoms with Crippen LogP contribution in [0.3, 0.4) is 0 Å². The van der Waals surface area contributed by atoms with Crippen LogP contribution in [0.15, 0.2) is 0 Å². The summed E-state index contributed by atoms with van der Waals surface area (Å²) in [7, 11) is -8.47. The van der Waals surface area contributed by atoms with Crippen molar-refractivity contribution in [2.24, 2.45) is 0 Å². The van der Waals surface area contributed by atoms with Crippen molar-refractivity contribution in [3.63, 3.8) is 0 Å². The molecule has 0 aliphatic rings. The first-order valence-corrected chi connectivity index (χ1v) is 24.3. The second kappa shape index (κ2) is 25.9. The van der Waals surface area contributed by atoms with Crippen molar-refractivity contribution in [3.8, 4) is 0 Å². The molecule has 0 radical (unpaired) electrons. The monoisotopic (exact) mass is 1740 g/mol. The van der Waals surface area contributed by atoms with Crippen LogP contribution >= 0.6 is 7.82 Å². The minimum absolute atomic E-state index is 2.81. The van der Waals surface area contributed by atoms with E-state index in [0.717, 1.165) is 0 Å². The summed E-state index contributed by atoms with van der Waals surface area (Å²) in [6.45, 7) is -12.5. The van der Waals surface area contributed by atoms with Crippen molar-refractivity contribution in [1.29, 1.82) is 0 Å². The van der Waals surface area contributed by atoms with Gasteiger partial charge in [-0.3, -0.25) is 13.6 Å². The van der Waals surface area contributed by atoms with Crippen LogP contribution in [0, 0.1) is 0 Å². The van der Waals surface area contributed by atoms with E-state index in [1.165, 1.54) is 0 Å². The van der Waals surface area contributed by atoms with Gasteiger partial charge in [-0.2, -0.15) is 277 Å². The minimum Gasteiger partial charge on any atom is -0.287 e. The van der Waals surface area contributed by atoms with Crippen molar-refractivity contribution in [2.75, 3.05) is 19.8 Å². The second-order valence-electron chi connectivity index (χ2n) is 19.6. The third kappa shape index (κ3) is 13.2. The first-order chi connectivity index (χ1) is 43.9. The number of hydrogen-bond acceptors (Lipinski definition) is 4. The topological polar surface area (TPSA) is 44.8 Å². The fraction of sp³-hybridized carbons (Fsp3) is 1.00.